The Bertz CT molecular complexity index is 226. The summed E-state index contributed by atoms with van der Waals surface area (Å²) in [7, 11) is 0. The SMILES string of the molecule is [CH2]CNC/C=C/c1ccccc1. The molecule has 0 atom stereocenters. The van der Waals surface area contributed by atoms with Crippen molar-refractivity contribution in [1.82, 2.24) is 5.32 Å². The predicted molar refractivity (Wildman–Crippen MR) is 53.7 cm³/mol. The molecule has 0 heterocycles. The molecule has 0 saturated heterocycles. The van der Waals surface area contributed by atoms with E-state index in [2.05, 4.69) is 36.5 Å². The van der Waals surface area contributed by atoms with Crippen LogP contribution in [0.4, 0.5) is 0 Å². The van der Waals surface area contributed by atoms with Gasteiger partial charge in [-0.05, 0) is 19.0 Å². The lowest BCUT2D eigenvalue weighted by Crippen LogP contribution is -2.11. The molecular weight excluding hydrogens is 146 g/mol. The molecule has 63 valence electrons. The number of benzene rings is 1. The van der Waals surface area contributed by atoms with E-state index in [1.54, 1.807) is 0 Å². The summed E-state index contributed by atoms with van der Waals surface area (Å²) >= 11 is 0. The maximum absolute atomic E-state index is 3.69. The number of hydrogen-bond donors (Lipinski definition) is 1. The van der Waals surface area contributed by atoms with Crippen LogP contribution in [-0.4, -0.2) is 13.1 Å². The molecule has 0 spiro atoms. The summed E-state index contributed by atoms with van der Waals surface area (Å²) in [5, 5.41) is 3.12. The molecule has 0 aromatic heterocycles. The molecule has 0 amide bonds. The summed E-state index contributed by atoms with van der Waals surface area (Å²) in [6.45, 7) is 5.35. The van der Waals surface area contributed by atoms with Gasteiger partial charge in [0.2, 0.25) is 0 Å². The maximum atomic E-state index is 3.69. The van der Waals surface area contributed by atoms with Crippen LogP contribution in [0.5, 0.6) is 0 Å². The first-order chi connectivity index (χ1) is 5.93. The van der Waals surface area contributed by atoms with E-state index in [-0.39, 0.29) is 0 Å². The molecule has 1 rings (SSSR count). The molecule has 0 saturated carbocycles. The zero-order valence-corrected chi connectivity index (χ0v) is 7.16. The van der Waals surface area contributed by atoms with Gasteiger partial charge in [0.25, 0.3) is 0 Å². The van der Waals surface area contributed by atoms with Crippen LogP contribution in [0.25, 0.3) is 6.08 Å². The largest absolute Gasteiger partial charge is 0.313 e. The Morgan fingerprint density at radius 1 is 1.25 bits per heavy atom. The molecule has 1 N–H and O–H groups in total. The Morgan fingerprint density at radius 3 is 2.67 bits per heavy atom. The van der Waals surface area contributed by atoms with Crippen LogP contribution < -0.4 is 5.32 Å². The van der Waals surface area contributed by atoms with Crippen molar-refractivity contribution < 1.29 is 0 Å². The molecule has 0 aliphatic rings. The zero-order valence-electron chi connectivity index (χ0n) is 7.16. The molecule has 1 nitrogen and oxygen atoms in total. The molecule has 0 aliphatic carbocycles. The minimum Gasteiger partial charge on any atom is -0.313 e. The van der Waals surface area contributed by atoms with Crippen molar-refractivity contribution in [2.24, 2.45) is 0 Å². The Labute approximate surface area is 74.1 Å². The van der Waals surface area contributed by atoms with Gasteiger partial charge in [-0.25, -0.2) is 0 Å². The summed E-state index contributed by atoms with van der Waals surface area (Å²) in [6, 6.07) is 10.3. The van der Waals surface area contributed by atoms with E-state index in [1.165, 1.54) is 5.56 Å². The van der Waals surface area contributed by atoms with Crippen molar-refractivity contribution in [3.8, 4) is 0 Å². The average Bonchev–Trinajstić information content (AvgIpc) is 2.14. The van der Waals surface area contributed by atoms with E-state index in [9.17, 15) is 0 Å². The van der Waals surface area contributed by atoms with Gasteiger partial charge in [0.1, 0.15) is 0 Å². The third-order valence-corrected chi connectivity index (χ3v) is 1.55. The van der Waals surface area contributed by atoms with Gasteiger partial charge < -0.3 is 5.32 Å². The van der Waals surface area contributed by atoms with Crippen LogP contribution in [0.1, 0.15) is 5.56 Å². The number of hydrogen-bond acceptors (Lipinski definition) is 1. The fourth-order valence-electron chi connectivity index (χ4n) is 0.945. The second-order valence-electron chi connectivity index (χ2n) is 2.52. The maximum Gasteiger partial charge on any atom is 0.0138 e. The molecule has 0 aliphatic heterocycles. The van der Waals surface area contributed by atoms with Gasteiger partial charge in [0.05, 0.1) is 0 Å². The van der Waals surface area contributed by atoms with Crippen molar-refractivity contribution in [1.29, 1.82) is 0 Å². The second-order valence-corrected chi connectivity index (χ2v) is 2.52. The summed E-state index contributed by atoms with van der Waals surface area (Å²) in [5.41, 5.74) is 1.24. The summed E-state index contributed by atoms with van der Waals surface area (Å²) in [5.74, 6) is 0. The molecule has 1 aromatic rings. The van der Waals surface area contributed by atoms with Crippen LogP contribution in [-0.2, 0) is 0 Å². The van der Waals surface area contributed by atoms with Crippen molar-refractivity contribution in [3.05, 3.63) is 48.9 Å². The molecular formula is C11H14N. The minimum atomic E-state index is 0.777. The lowest BCUT2D eigenvalue weighted by molar-refractivity contribution is 0.843. The Kier molecular flexibility index (Phi) is 4.17. The van der Waals surface area contributed by atoms with Crippen molar-refractivity contribution in [3.63, 3.8) is 0 Å². The van der Waals surface area contributed by atoms with Crippen LogP contribution in [0, 0.1) is 6.92 Å². The van der Waals surface area contributed by atoms with E-state index < -0.39 is 0 Å². The van der Waals surface area contributed by atoms with Crippen molar-refractivity contribution in [2.45, 2.75) is 0 Å². The smallest absolute Gasteiger partial charge is 0.0138 e. The highest BCUT2D eigenvalue weighted by molar-refractivity contribution is 5.48. The van der Waals surface area contributed by atoms with Gasteiger partial charge in [-0.1, -0.05) is 42.5 Å². The van der Waals surface area contributed by atoms with Gasteiger partial charge in [-0.15, -0.1) is 0 Å². The zero-order chi connectivity index (χ0) is 8.65. The quantitative estimate of drug-likeness (QED) is 0.665. The lowest BCUT2D eigenvalue weighted by Gasteiger charge is -1.93. The first-order valence-corrected chi connectivity index (χ1v) is 4.15. The van der Waals surface area contributed by atoms with E-state index in [4.69, 9.17) is 0 Å². The highest BCUT2D eigenvalue weighted by Crippen LogP contribution is 1.99. The Morgan fingerprint density at radius 2 is 2.00 bits per heavy atom. The first kappa shape index (κ1) is 9.01. The van der Waals surface area contributed by atoms with Crippen LogP contribution in [0.3, 0.4) is 0 Å². The molecule has 1 radical (unpaired) electrons. The van der Waals surface area contributed by atoms with E-state index in [1.807, 2.05) is 18.2 Å². The summed E-state index contributed by atoms with van der Waals surface area (Å²) in [6.07, 6.45) is 4.20. The Hall–Kier alpha value is -1.08. The van der Waals surface area contributed by atoms with Gasteiger partial charge in [-0.2, -0.15) is 0 Å². The van der Waals surface area contributed by atoms with Gasteiger partial charge in [-0.3, -0.25) is 0 Å². The van der Waals surface area contributed by atoms with Crippen LogP contribution >= 0.6 is 0 Å². The number of rotatable bonds is 4. The monoisotopic (exact) mass is 160 g/mol. The molecule has 1 aromatic carbocycles. The highest BCUT2D eigenvalue weighted by atomic mass is 14.8. The molecule has 12 heavy (non-hydrogen) atoms. The van der Waals surface area contributed by atoms with Crippen LogP contribution in [0.15, 0.2) is 36.4 Å². The lowest BCUT2D eigenvalue weighted by atomic mass is 10.2. The third-order valence-electron chi connectivity index (χ3n) is 1.55. The number of nitrogens with one attached hydrogen (secondary N) is 1. The topological polar surface area (TPSA) is 12.0 Å². The van der Waals surface area contributed by atoms with Gasteiger partial charge >= 0.3 is 0 Å². The normalized spacial score (nSPS) is 10.8. The summed E-state index contributed by atoms with van der Waals surface area (Å²) in [4.78, 5) is 0. The predicted octanol–water partition coefficient (Wildman–Crippen LogP) is 2.12. The van der Waals surface area contributed by atoms with E-state index in [0.717, 1.165) is 13.1 Å². The molecule has 1 heteroatoms. The fraction of sp³-hybridized carbons (Fsp3) is 0.182. The molecule has 0 bridgehead atoms. The van der Waals surface area contributed by atoms with E-state index in [0.29, 0.717) is 0 Å². The first-order valence-electron chi connectivity index (χ1n) is 4.15. The van der Waals surface area contributed by atoms with Gasteiger partial charge in [0.15, 0.2) is 0 Å². The standard InChI is InChI=1S/C11H14N/c1-2-12-10-6-9-11-7-4-3-5-8-11/h3-9,12H,1-2,10H2/b9-6+. The van der Waals surface area contributed by atoms with Gasteiger partial charge in [0, 0.05) is 6.54 Å². The van der Waals surface area contributed by atoms with Crippen LogP contribution in [0.2, 0.25) is 0 Å². The third kappa shape index (κ3) is 3.35. The fourth-order valence-corrected chi connectivity index (χ4v) is 0.945. The van der Waals surface area contributed by atoms with Crippen molar-refractivity contribution >= 4 is 6.08 Å². The van der Waals surface area contributed by atoms with Crippen molar-refractivity contribution in [2.75, 3.05) is 13.1 Å². The highest BCUT2D eigenvalue weighted by Gasteiger charge is 1.81. The second kappa shape index (κ2) is 5.56. The molecule has 0 unspecified atom stereocenters. The molecule has 0 fully saturated rings. The van der Waals surface area contributed by atoms with E-state index >= 15 is 0 Å². The minimum absolute atomic E-state index is 0.777. The average molecular weight is 160 g/mol. The Balaban J connectivity index is 2.36. The summed E-state index contributed by atoms with van der Waals surface area (Å²) < 4.78 is 0.